The second kappa shape index (κ2) is 4.10. The van der Waals surface area contributed by atoms with Gasteiger partial charge in [0.25, 0.3) is 0 Å². The number of rotatable bonds is 0. The molecule has 88 valence electrons. The first-order chi connectivity index (χ1) is 7.47. The quantitative estimate of drug-likeness (QED) is 0.379. The summed E-state index contributed by atoms with van der Waals surface area (Å²) in [6, 6.07) is 0. The maximum absolute atomic E-state index is 11.4. The summed E-state index contributed by atoms with van der Waals surface area (Å²) >= 11 is 0. The Labute approximate surface area is 96.9 Å². The zero-order valence-electron chi connectivity index (χ0n) is 10.2. The van der Waals surface area contributed by atoms with Crippen LogP contribution in [-0.2, 0) is 9.53 Å². The normalized spacial score (nSPS) is 32.1. The minimum Gasteiger partial charge on any atom is -0.450 e. The minimum atomic E-state index is -0.441. The first kappa shape index (κ1) is 11.5. The van der Waals surface area contributed by atoms with Crippen LogP contribution in [0.15, 0.2) is 0 Å². The minimum absolute atomic E-state index is 0.399. The molecule has 0 bridgehead atoms. The summed E-state index contributed by atoms with van der Waals surface area (Å²) in [5, 5.41) is 3.35. The van der Waals surface area contributed by atoms with Crippen molar-refractivity contribution in [3.8, 4) is 11.8 Å². The van der Waals surface area contributed by atoms with Crippen molar-refractivity contribution in [2.45, 2.75) is 32.8 Å². The number of esters is 1. The number of hydrogen-bond donors (Lipinski definition) is 1. The van der Waals surface area contributed by atoms with Crippen LogP contribution in [-0.4, -0.2) is 24.7 Å². The van der Waals surface area contributed by atoms with E-state index in [0.717, 1.165) is 19.0 Å². The molecule has 1 aliphatic heterocycles. The molecule has 0 radical (unpaired) electrons. The maximum atomic E-state index is 11.4. The lowest BCUT2D eigenvalue weighted by Crippen LogP contribution is -2.23. The Morgan fingerprint density at radius 3 is 2.69 bits per heavy atom. The molecule has 2 fully saturated rings. The van der Waals surface area contributed by atoms with E-state index in [4.69, 9.17) is 4.74 Å². The molecule has 3 atom stereocenters. The third-order valence-electron chi connectivity index (χ3n) is 3.11. The number of piperidine rings is 1. The van der Waals surface area contributed by atoms with Crippen molar-refractivity contribution in [1.82, 2.24) is 5.32 Å². The SMILES string of the molecule is CC(C)(C)OC(=O)C#CC1C2CCNCC12. The van der Waals surface area contributed by atoms with E-state index >= 15 is 0 Å². The second-order valence-electron chi connectivity index (χ2n) is 5.62. The highest BCUT2D eigenvalue weighted by molar-refractivity contribution is 5.88. The van der Waals surface area contributed by atoms with Crippen molar-refractivity contribution in [2.24, 2.45) is 17.8 Å². The van der Waals surface area contributed by atoms with Gasteiger partial charge in [-0.2, -0.15) is 0 Å². The van der Waals surface area contributed by atoms with Crippen molar-refractivity contribution in [3.63, 3.8) is 0 Å². The van der Waals surface area contributed by atoms with Gasteiger partial charge in [0.2, 0.25) is 0 Å². The molecule has 1 heterocycles. The molecule has 0 aromatic heterocycles. The predicted octanol–water partition coefficient (Wildman–Crippen LogP) is 1.19. The van der Waals surface area contributed by atoms with Gasteiger partial charge < -0.3 is 10.1 Å². The molecule has 0 spiro atoms. The molecular weight excluding hydrogens is 202 g/mol. The molecule has 0 aromatic rings. The number of hydrogen-bond acceptors (Lipinski definition) is 3. The molecule has 3 heteroatoms. The van der Waals surface area contributed by atoms with Crippen LogP contribution in [0.1, 0.15) is 27.2 Å². The van der Waals surface area contributed by atoms with Gasteiger partial charge in [0.1, 0.15) is 5.60 Å². The van der Waals surface area contributed by atoms with Gasteiger partial charge in [0.05, 0.1) is 0 Å². The summed E-state index contributed by atoms with van der Waals surface area (Å²) in [4.78, 5) is 11.4. The van der Waals surface area contributed by atoms with Crippen LogP contribution in [0.2, 0.25) is 0 Å². The van der Waals surface area contributed by atoms with E-state index in [1.807, 2.05) is 20.8 Å². The number of carbonyl (C=O) groups is 1. The van der Waals surface area contributed by atoms with Crippen molar-refractivity contribution >= 4 is 5.97 Å². The highest BCUT2D eigenvalue weighted by Crippen LogP contribution is 2.49. The highest BCUT2D eigenvalue weighted by Gasteiger charge is 2.49. The largest absolute Gasteiger partial charge is 0.450 e. The van der Waals surface area contributed by atoms with Crippen LogP contribution in [0.5, 0.6) is 0 Å². The van der Waals surface area contributed by atoms with Gasteiger partial charge in [-0.25, -0.2) is 4.79 Å². The molecular formula is C13H19NO2. The molecule has 0 amide bonds. The van der Waals surface area contributed by atoms with E-state index in [1.165, 1.54) is 6.42 Å². The number of carbonyl (C=O) groups excluding carboxylic acids is 1. The molecule has 1 saturated heterocycles. The van der Waals surface area contributed by atoms with Gasteiger partial charge in [-0.05, 0) is 52.1 Å². The summed E-state index contributed by atoms with van der Waals surface area (Å²) in [6.07, 6.45) is 1.19. The topological polar surface area (TPSA) is 38.3 Å². The standard InChI is InChI=1S/C13H19NO2/c1-13(2,3)16-12(15)5-4-9-10-6-7-14-8-11(9)10/h9-11,14H,6-8H2,1-3H3. The van der Waals surface area contributed by atoms with Gasteiger partial charge in [-0.15, -0.1) is 0 Å². The zero-order chi connectivity index (χ0) is 11.8. The van der Waals surface area contributed by atoms with Gasteiger partial charge in [-0.1, -0.05) is 5.92 Å². The van der Waals surface area contributed by atoms with Gasteiger partial charge in [0.15, 0.2) is 0 Å². The zero-order valence-corrected chi connectivity index (χ0v) is 10.2. The summed E-state index contributed by atoms with van der Waals surface area (Å²) < 4.78 is 5.14. The van der Waals surface area contributed by atoms with Gasteiger partial charge >= 0.3 is 5.97 Å². The van der Waals surface area contributed by atoms with E-state index in [2.05, 4.69) is 17.2 Å². The van der Waals surface area contributed by atoms with Crippen molar-refractivity contribution in [3.05, 3.63) is 0 Å². The Morgan fingerprint density at radius 2 is 2.12 bits per heavy atom. The van der Waals surface area contributed by atoms with Gasteiger partial charge in [-0.3, -0.25) is 0 Å². The molecule has 2 rings (SSSR count). The van der Waals surface area contributed by atoms with Crippen LogP contribution in [0.3, 0.4) is 0 Å². The fourth-order valence-electron chi connectivity index (χ4n) is 2.31. The predicted molar refractivity (Wildman–Crippen MR) is 61.6 cm³/mol. The summed E-state index contributed by atoms with van der Waals surface area (Å²) in [7, 11) is 0. The monoisotopic (exact) mass is 221 g/mol. The van der Waals surface area contributed by atoms with E-state index in [1.54, 1.807) is 0 Å². The van der Waals surface area contributed by atoms with Crippen LogP contribution in [0.4, 0.5) is 0 Å². The van der Waals surface area contributed by atoms with E-state index in [-0.39, 0.29) is 0 Å². The lowest BCUT2D eigenvalue weighted by Gasteiger charge is -2.16. The molecule has 1 N–H and O–H groups in total. The van der Waals surface area contributed by atoms with Crippen LogP contribution in [0.25, 0.3) is 0 Å². The number of ether oxygens (including phenoxy) is 1. The fraction of sp³-hybridized carbons (Fsp3) is 0.769. The Morgan fingerprint density at radius 1 is 1.38 bits per heavy atom. The van der Waals surface area contributed by atoms with Gasteiger partial charge in [0, 0.05) is 11.8 Å². The van der Waals surface area contributed by atoms with E-state index in [0.29, 0.717) is 11.8 Å². The van der Waals surface area contributed by atoms with Crippen LogP contribution in [0, 0.1) is 29.6 Å². The maximum Gasteiger partial charge on any atom is 0.384 e. The third kappa shape index (κ3) is 2.76. The molecule has 1 aliphatic carbocycles. The molecule has 2 aliphatic rings. The summed E-state index contributed by atoms with van der Waals surface area (Å²) in [5.41, 5.74) is -0.441. The van der Waals surface area contributed by atoms with Crippen molar-refractivity contribution in [2.75, 3.05) is 13.1 Å². The van der Waals surface area contributed by atoms with Crippen LogP contribution >= 0.6 is 0 Å². The Bertz CT molecular complexity index is 333. The second-order valence-corrected chi connectivity index (χ2v) is 5.62. The molecule has 3 unspecified atom stereocenters. The Balaban J connectivity index is 1.84. The van der Waals surface area contributed by atoms with Crippen LogP contribution < -0.4 is 5.32 Å². The summed E-state index contributed by atoms with van der Waals surface area (Å²) in [5.74, 6) is 7.08. The van der Waals surface area contributed by atoms with Crippen molar-refractivity contribution in [1.29, 1.82) is 0 Å². The Hall–Kier alpha value is -1.01. The molecule has 16 heavy (non-hydrogen) atoms. The third-order valence-corrected chi connectivity index (χ3v) is 3.11. The lowest BCUT2D eigenvalue weighted by molar-refractivity contribution is -0.147. The lowest BCUT2D eigenvalue weighted by atomic mass is 10.2. The molecule has 0 aromatic carbocycles. The number of fused-ring (bicyclic) bond motifs is 1. The average molecular weight is 221 g/mol. The average Bonchev–Trinajstić information content (AvgIpc) is 2.85. The van der Waals surface area contributed by atoms with Crippen molar-refractivity contribution < 1.29 is 9.53 Å². The van der Waals surface area contributed by atoms with E-state index < -0.39 is 11.6 Å². The highest BCUT2D eigenvalue weighted by atomic mass is 16.6. The molecule has 3 nitrogen and oxygen atoms in total. The Kier molecular flexibility index (Phi) is 2.94. The summed E-state index contributed by atoms with van der Waals surface area (Å²) in [6.45, 7) is 7.71. The van der Waals surface area contributed by atoms with E-state index in [9.17, 15) is 4.79 Å². The fourth-order valence-corrected chi connectivity index (χ4v) is 2.31. The first-order valence-corrected chi connectivity index (χ1v) is 5.92. The smallest absolute Gasteiger partial charge is 0.384 e. The molecule has 1 saturated carbocycles. The number of nitrogens with one attached hydrogen (secondary N) is 1. The first-order valence-electron chi connectivity index (χ1n) is 5.92.